The maximum absolute atomic E-state index is 12.4. The normalized spacial score (nSPS) is 18.8. The zero-order valence-electron chi connectivity index (χ0n) is 16.3. The molecule has 1 amide bonds. The number of nitro benzene ring substituents is 1. The summed E-state index contributed by atoms with van der Waals surface area (Å²) in [5, 5.41) is 26.6. The van der Waals surface area contributed by atoms with Crippen molar-refractivity contribution in [2.24, 2.45) is 0 Å². The molecule has 2 saturated carbocycles. The van der Waals surface area contributed by atoms with Crippen molar-refractivity contribution in [2.75, 3.05) is 5.32 Å². The van der Waals surface area contributed by atoms with Crippen molar-refractivity contribution in [3.63, 3.8) is 0 Å². The summed E-state index contributed by atoms with van der Waals surface area (Å²) < 4.78 is 5.19. The molecule has 2 N–H and O–H groups in total. The first-order valence-corrected chi connectivity index (χ1v) is 9.83. The zero-order valence-corrected chi connectivity index (χ0v) is 16.3. The second kappa shape index (κ2) is 8.47. The second-order valence-electron chi connectivity index (χ2n) is 7.70. The summed E-state index contributed by atoms with van der Waals surface area (Å²) in [4.78, 5) is 35.6. The lowest BCUT2D eigenvalue weighted by atomic mass is 9.83. The minimum Gasteiger partial charge on any atom is -0.449 e. The molecule has 0 aliphatic heterocycles. The van der Waals surface area contributed by atoms with Crippen LogP contribution in [0, 0.1) is 21.4 Å². The SMILES string of the molecule is C[C@@H](OC(=O)c1ccc(NC2CC2)c([N+](=O)[O-])c1)C(=O)NC1(C#N)CCCCC1. The molecule has 1 atom stereocenters. The van der Waals surface area contributed by atoms with Crippen LogP contribution >= 0.6 is 0 Å². The van der Waals surface area contributed by atoms with Gasteiger partial charge in [-0.3, -0.25) is 14.9 Å². The Morgan fingerprint density at radius 3 is 2.59 bits per heavy atom. The first kappa shape index (κ1) is 20.6. The van der Waals surface area contributed by atoms with Crippen LogP contribution in [0.3, 0.4) is 0 Å². The quantitative estimate of drug-likeness (QED) is 0.408. The highest BCUT2D eigenvalue weighted by atomic mass is 16.6. The van der Waals surface area contributed by atoms with Gasteiger partial charge in [0.05, 0.1) is 16.6 Å². The Labute approximate surface area is 168 Å². The van der Waals surface area contributed by atoms with E-state index >= 15 is 0 Å². The summed E-state index contributed by atoms with van der Waals surface area (Å²) >= 11 is 0. The molecule has 0 spiro atoms. The standard InChI is InChI=1S/C20H24N4O5/c1-13(18(25)23-20(12-21)9-3-2-4-10-20)29-19(26)14-5-8-16(22-15-6-7-15)17(11-14)24(27)28/h5,8,11,13,15,22H,2-4,6-7,9-10H2,1H3,(H,23,25)/t13-/m1/s1. The van der Waals surface area contributed by atoms with Crippen molar-refractivity contribution in [2.45, 2.75) is 69.6 Å². The third kappa shape index (κ3) is 5.02. The first-order chi connectivity index (χ1) is 13.8. The number of nitrogens with one attached hydrogen (secondary N) is 2. The average Bonchev–Trinajstić information content (AvgIpc) is 3.52. The largest absolute Gasteiger partial charge is 0.449 e. The van der Waals surface area contributed by atoms with E-state index in [1.165, 1.54) is 19.1 Å². The number of nitrogens with zero attached hydrogens (tertiary/aromatic N) is 2. The molecular weight excluding hydrogens is 376 g/mol. The molecule has 9 heteroatoms. The molecule has 1 aromatic rings. The van der Waals surface area contributed by atoms with Gasteiger partial charge in [0.15, 0.2) is 6.10 Å². The highest BCUT2D eigenvalue weighted by Gasteiger charge is 2.35. The van der Waals surface area contributed by atoms with Gasteiger partial charge < -0.3 is 15.4 Å². The van der Waals surface area contributed by atoms with E-state index in [-0.39, 0.29) is 17.3 Å². The lowest BCUT2D eigenvalue weighted by molar-refractivity contribution is -0.384. The number of carbonyl (C=O) groups excluding carboxylic acids is 2. The molecule has 154 valence electrons. The Balaban J connectivity index is 1.65. The number of nitriles is 1. The van der Waals surface area contributed by atoms with Crippen molar-refractivity contribution in [1.29, 1.82) is 5.26 Å². The molecule has 0 bridgehead atoms. The smallest absolute Gasteiger partial charge is 0.339 e. The summed E-state index contributed by atoms with van der Waals surface area (Å²) in [5.74, 6) is -1.38. The molecule has 2 fully saturated rings. The Hall–Kier alpha value is -3.15. The van der Waals surface area contributed by atoms with Gasteiger partial charge in [-0.25, -0.2) is 4.79 Å². The maximum atomic E-state index is 12.4. The average molecular weight is 400 g/mol. The molecule has 2 aliphatic rings. The molecular formula is C20H24N4O5. The number of hydrogen-bond acceptors (Lipinski definition) is 7. The second-order valence-corrected chi connectivity index (χ2v) is 7.70. The summed E-state index contributed by atoms with van der Waals surface area (Å²) in [6, 6.07) is 6.46. The van der Waals surface area contributed by atoms with E-state index in [0.29, 0.717) is 18.5 Å². The number of benzene rings is 1. The van der Waals surface area contributed by atoms with Crippen molar-refractivity contribution < 1.29 is 19.2 Å². The number of rotatable bonds is 7. The topological polar surface area (TPSA) is 134 Å². The Kier molecular flexibility index (Phi) is 6.01. The lowest BCUT2D eigenvalue weighted by Gasteiger charge is -2.32. The lowest BCUT2D eigenvalue weighted by Crippen LogP contribution is -2.52. The van der Waals surface area contributed by atoms with Gasteiger partial charge in [0.25, 0.3) is 11.6 Å². The Bertz CT molecular complexity index is 853. The number of amides is 1. The van der Waals surface area contributed by atoms with Crippen LogP contribution in [0.2, 0.25) is 0 Å². The van der Waals surface area contributed by atoms with Crippen LogP contribution < -0.4 is 10.6 Å². The third-order valence-electron chi connectivity index (χ3n) is 5.30. The van der Waals surface area contributed by atoms with E-state index in [9.17, 15) is 25.0 Å². The summed E-state index contributed by atoms with van der Waals surface area (Å²) in [7, 11) is 0. The minimum absolute atomic E-state index is 0.00893. The Morgan fingerprint density at radius 1 is 1.31 bits per heavy atom. The molecule has 0 saturated heterocycles. The van der Waals surface area contributed by atoms with Gasteiger partial charge in [-0.1, -0.05) is 19.3 Å². The van der Waals surface area contributed by atoms with Crippen LogP contribution in [0.4, 0.5) is 11.4 Å². The van der Waals surface area contributed by atoms with Crippen molar-refractivity contribution >= 4 is 23.3 Å². The van der Waals surface area contributed by atoms with E-state index in [4.69, 9.17) is 4.74 Å². The summed E-state index contributed by atoms with van der Waals surface area (Å²) in [6.07, 6.45) is 4.65. The predicted octanol–water partition coefficient (Wildman–Crippen LogP) is 3.06. The fourth-order valence-corrected chi connectivity index (χ4v) is 3.42. The highest BCUT2D eigenvalue weighted by molar-refractivity contribution is 5.93. The van der Waals surface area contributed by atoms with Gasteiger partial charge in [-0.15, -0.1) is 0 Å². The molecule has 0 aromatic heterocycles. The van der Waals surface area contributed by atoms with Crippen LogP contribution in [0.25, 0.3) is 0 Å². The van der Waals surface area contributed by atoms with Gasteiger partial charge in [-0.05, 0) is 44.7 Å². The van der Waals surface area contributed by atoms with Crippen molar-refractivity contribution in [3.05, 3.63) is 33.9 Å². The molecule has 0 unspecified atom stereocenters. The fraction of sp³-hybridized carbons (Fsp3) is 0.550. The van der Waals surface area contributed by atoms with Crippen LogP contribution in [-0.4, -0.2) is 34.5 Å². The predicted molar refractivity (Wildman–Crippen MR) is 104 cm³/mol. The third-order valence-corrected chi connectivity index (χ3v) is 5.30. The number of nitro groups is 1. The maximum Gasteiger partial charge on any atom is 0.339 e. The van der Waals surface area contributed by atoms with Crippen molar-refractivity contribution in [1.82, 2.24) is 5.32 Å². The van der Waals surface area contributed by atoms with E-state index in [2.05, 4.69) is 16.7 Å². The first-order valence-electron chi connectivity index (χ1n) is 9.83. The molecule has 2 aliphatic carbocycles. The monoisotopic (exact) mass is 400 g/mol. The summed E-state index contributed by atoms with van der Waals surface area (Å²) in [5.41, 5.74) is -0.794. The Morgan fingerprint density at radius 2 is 2.00 bits per heavy atom. The van der Waals surface area contributed by atoms with E-state index in [0.717, 1.165) is 38.2 Å². The zero-order chi connectivity index (χ0) is 21.0. The van der Waals surface area contributed by atoms with Crippen LogP contribution in [0.15, 0.2) is 18.2 Å². The van der Waals surface area contributed by atoms with E-state index in [1.807, 2.05) is 0 Å². The van der Waals surface area contributed by atoms with Crippen LogP contribution in [0.1, 0.15) is 62.2 Å². The number of esters is 1. The number of ether oxygens (including phenoxy) is 1. The van der Waals surface area contributed by atoms with Crippen molar-refractivity contribution in [3.8, 4) is 6.07 Å². The number of hydrogen-bond donors (Lipinski definition) is 2. The molecule has 9 nitrogen and oxygen atoms in total. The highest BCUT2D eigenvalue weighted by Crippen LogP contribution is 2.32. The van der Waals surface area contributed by atoms with Gasteiger partial charge >= 0.3 is 5.97 Å². The number of anilines is 1. The molecule has 0 radical (unpaired) electrons. The molecule has 1 aromatic carbocycles. The molecule has 3 rings (SSSR count). The van der Waals surface area contributed by atoms with E-state index < -0.39 is 28.4 Å². The van der Waals surface area contributed by atoms with E-state index in [1.54, 1.807) is 0 Å². The van der Waals surface area contributed by atoms with Gasteiger partial charge in [-0.2, -0.15) is 5.26 Å². The fourth-order valence-electron chi connectivity index (χ4n) is 3.42. The van der Waals surface area contributed by atoms with Gasteiger partial charge in [0.1, 0.15) is 11.2 Å². The van der Waals surface area contributed by atoms with Gasteiger partial charge in [0.2, 0.25) is 0 Å². The number of carbonyl (C=O) groups is 2. The summed E-state index contributed by atoms with van der Waals surface area (Å²) in [6.45, 7) is 1.42. The molecule has 0 heterocycles. The molecule has 29 heavy (non-hydrogen) atoms. The van der Waals surface area contributed by atoms with Crippen LogP contribution in [-0.2, 0) is 9.53 Å². The van der Waals surface area contributed by atoms with Gasteiger partial charge in [0, 0.05) is 12.1 Å². The minimum atomic E-state index is -1.13. The van der Waals surface area contributed by atoms with Crippen LogP contribution in [0.5, 0.6) is 0 Å².